The highest BCUT2D eigenvalue weighted by molar-refractivity contribution is 6.29. The number of carbonyl (C=O) groups excluding carboxylic acids is 3. The van der Waals surface area contributed by atoms with Gasteiger partial charge in [0, 0.05) is 56.1 Å². The molecule has 6 rings (SSSR count). The highest BCUT2D eigenvalue weighted by atomic mass is 35.5. The summed E-state index contributed by atoms with van der Waals surface area (Å²) < 4.78 is 3.24. The summed E-state index contributed by atoms with van der Waals surface area (Å²) in [5.74, 6) is -0.684. The molecule has 0 spiro atoms. The van der Waals surface area contributed by atoms with Gasteiger partial charge in [-0.15, -0.1) is 0 Å². The van der Waals surface area contributed by atoms with Crippen molar-refractivity contribution in [2.45, 2.75) is 57.6 Å². The number of benzene rings is 2. The Morgan fingerprint density at radius 2 is 1.81 bits per heavy atom. The number of anilines is 1. The van der Waals surface area contributed by atoms with Crippen LogP contribution in [-0.2, 0) is 22.6 Å². The van der Waals surface area contributed by atoms with E-state index in [1.807, 2.05) is 65.6 Å². The lowest BCUT2D eigenvalue weighted by Crippen LogP contribution is -2.51. The van der Waals surface area contributed by atoms with Gasteiger partial charge >= 0.3 is 0 Å². The number of hydrogen-bond acceptors (Lipinski definition) is 8. The molecule has 1 unspecified atom stereocenters. The van der Waals surface area contributed by atoms with E-state index < -0.39 is 5.60 Å². The monoisotopic (exact) mass is 754 g/mol. The number of aromatic nitrogens is 4. The Morgan fingerprint density at radius 1 is 1.06 bits per heavy atom. The third-order valence-electron chi connectivity index (χ3n) is 10.1. The fourth-order valence-electron chi connectivity index (χ4n) is 7.01. The lowest BCUT2D eigenvalue weighted by atomic mass is 9.88. The first-order chi connectivity index (χ1) is 25.9. The van der Waals surface area contributed by atoms with Gasteiger partial charge in [-0.25, -0.2) is 9.97 Å². The molecule has 0 aliphatic carbocycles. The summed E-state index contributed by atoms with van der Waals surface area (Å²) in [6, 6.07) is 18.3. The van der Waals surface area contributed by atoms with Crippen molar-refractivity contribution in [2.75, 3.05) is 45.6 Å². The van der Waals surface area contributed by atoms with Gasteiger partial charge < -0.3 is 29.9 Å². The van der Waals surface area contributed by atoms with E-state index in [0.717, 1.165) is 11.3 Å². The number of rotatable bonds is 14. The van der Waals surface area contributed by atoms with Crippen molar-refractivity contribution < 1.29 is 19.5 Å². The zero-order valence-electron chi connectivity index (χ0n) is 30.9. The zero-order chi connectivity index (χ0) is 38.4. The van der Waals surface area contributed by atoms with Crippen LogP contribution in [0.15, 0.2) is 78.0 Å². The minimum atomic E-state index is -1.20. The number of fused-ring (bicyclic) bond motifs is 2. The average molecular weight is 755 g/mol. The summed E-state index contributed by atoms with van der Waals surface area (Å²) in [7, 11) is 3.80. The Balaban J connectivity index is 1.05. The van der Waals surface area contributed by atoms with Gasteiger partial charge in [0.25, 0.3) is 11.5 Å². The third-order valence-corrected chi connectivity index (χ3v) is 10.3. The number of aliphatic hydroxyl groups is 1. The van der Waals surface area contributed by atoms with Crippen molar-refractivity contribution in [2.24, 2.45) is 5.92 Å². The van der Waals surface area contributed by atoms with E-state index in [0.29, 0.717) is 97.7 Å². The Labute approximate surface area is 319 Å². The number of aryl methyl sites for hydroxylation is 1. The van der Waals surface area contributed by atoms with Crippen LogP contribution in [0.5, 0.6) is 0 Å². The number of hydrogen-bond donors (Lipinski definition) is 3. The molecule has 3 aromatic heterocycles. The second-order valence-corrected chi connectivity index (χ2v) is 14.9. The largest absolute Gasteiger partial charge is 0.388 e. The van der Waals surface area contributed by atoms with Crippen LogP contribution >= 0.6 is 11.6 Å². The maximum Gasteiger partial charge on any atom is 0.261 e. The van der Waals surface area contributed by atoms with Crippen LogP contribution in [0.2, 0.25) is 5.15 Å². The minimum absolute atomic E-state index is 0.00845. The number of halogens is 1. The second-order valence-electron chi connectivity index (χ2n) is 14.5. The molecule has 0 bridgehead atoms. The van der Waals surface area contributed by atoms with E-state index in [2.05, 4.69) is 20.6 Å². The van der Waals surface area contributed by atoms with Crippen LogP contribution < -0.4 is 16.2 Å². The second kappa shape index (κ2) is 16.9. The summed E-state index contributed by atoms with van der Waals surface area (Å²) in [6.45, 7) is 3.64. The fourth-order valence-corrected chi connectivity index (χ4v) is 7.24. The smallest absolute Gasteiger partial charge is 0.261 e. The van der Waals surface area contributed by atoms with Crippen molar-refractivity contribution in [1.29, 1.82) is 0 Å². The molecule has 4 heterocycles. The zero-order valence-corrected chi connectivity index (χ0v) is 31.7. The van der Waals surface area contributed by atoms with Gasteiger partial charge in [-0.05, 0) is 89.0 Å². The van der Waals surface area contributed by atoms with E-state index in [1.54, 1.807) is 36.5 Å². The van der Waals surface area contributed by atoms with Crippen LogP contribution in [0.1, 0.15) is 53.7 Å². The SMILES string of the molecule is Cc1cc(Cl)nc2c(C(=O)NCCCC(Cc3ccccc3)C(=O)N3CCC(O)(Cn4cnc5cc(NC(=O)CCN(C)C)ccc5c4=O)CC3)ccn12. The molecule has 1 aliphatic heterocycles. The van der Waals surface area contributed by atoms with E-state index in [1.165, 1.54) is 10.9 Å². The highest BCUT2D eigenvalue weighted by Gasteiger charge is 2.36. The molecule has 3 N–H and O–H groups in total. The maximum atomic E-state index is 14.0. The van der Waals surface area contributed by atoms with E-state index in [9.17, 15) is 24.3 Å². The van der Waals surface area contributed by atoms with Gasteiger partial charge in [0.15, 0.2) is 5.65 Å². The van der Waals surface area contributed by atoms with Crippen molar-refractivity contribution >= 4 is 51.6 Å². The number of likely N-dealkylation sites (tertiary alicyclic amines) is 1. The fraction of sp³-hybridized carbons (Fsp3) is 0.400. The van der Waals surface area contributed by atoms with Crippen LogP contribution in [-0.4, -0.2) is 97.4 Å². The number of amides is 3. The van der Waals surface area contributed by atoms with Crippen LogP contribution in [0.3, 0.4) is 0 Å². The molecule has 3 amide bonds. The molecule has 54 heavy (non-hydrogen) atoms. The van der Waals surface area contributed by atoms with Crippen LogP contribution in [0.4, 0.5) is 5.69 Å². The number of carbonyl (C=O) groups is 3. The van der Waals surface area contributed by atoms with Crippen molar-refractivity contribution in [3.63, 3.8) is 0 Å². The first kappa shape index (κ1) is 38.6. The molecule has 0 radical (unpaired) electrons. The highest BCUT2D eigenvalue weighted by Crippen LogP contribution is 2.27. The molecule has 1 fully saturated rings. The maximum absolute atomic E-state index is 14.0. The molecule has 13 nitrogen and oxygen atoms in total. The molecule has 2 aromatic carbocycles. The Kier molecular flexibility index (Phi) is 12.1. The van der Waals surface area contributed by atoms with Gasteiger partial charge in [-0.2, -0.15) is 0 Å². The summed E-state index contributed by atoms with van der Waals surface area (Å²) in [4.78, 5) is 65.3. The van der Waals surface area contributed by atoms with Crippen LogP contribution in [0.25, 0.3) is 16.6 Å². The quantitative estimate of drug-likeness (QED) is 0.112. The molecule has 0 saturated carbocycles. The predicted octanol–water partition coefficient (Wildman–Crippen LogP) is 4.32. The number of nitrogens with zero attached hydrogens (tertiary/aromatic N) is 6. The normalized spacial score (nSPS) is 14.7. The average Bonchev–Trinajstić information content (AvgIpc) is 3.58. The summed E-state index contributed by atoms with van der Waals surface area (Å²) in [6.07, 6.45) is 5.88. The molecule has 14 heteroatoms. The van der Waals surface area contributed by atoms with Gasteiger partial charge in [0.1, 0.15) is 5.15 Å². The predicted molar refractivity (Wildman–Crippen MR) is 209 cm³/mol. The van der Waals surface area contributed by atoms with Gasteiger partial charge in [-0.3, -0.25) is 23.7 Å². The third kappa shape index (κ3) is 9.33. The number of nitrogens with one attached hydrogen (secondary N) is 2. The Hall–Kier alpha value is -5.11. The first-order valence-corrected chi connectivity index (χ1v) is 18.7. The molecule has 284 valence electrons. The lowest BCUT2D eigenvalue weighted by molar-refractivity contribution is -0.140. The van der Waals surface area contributed by atoms with Crippen molar-refractivity contribution in [3.8, 4) is 0 Å². The first-order valence-electron chi connectivity index (χ1n) is 18.3. The molecular weight excluding hydrogens is 708 g/mol. The minimum Gasteiger partial charge on any atom is -0.388 e. The summed E-state index contributed by atoms with van der Waals surface area (Å²) in [5, 5.41) is 18.1. The van der Waals surface area contributed by atoms with Crippen molar-refractivity contribution in [3.05, 3.63) is 106 Å². The van der Waals surface area contributed by atoms with Gasteiger partial charge in [0.2, 0.25) is 11.8 Å². The lowest BCUT2D eigenvalue weighted by Gasteiger charge is -2.39. The van der Waals surface area contributed by atoms with Gasteiger partial charge in [-0.1, -0.05) is 41.9 Å². The van der Waals surface area contributed by atoms with Gasteiger partial charge in [0.05, 0.1) is 34.9 Å². The Bertz CT molecular complexity index is 2190. The standard InChI is InChI=1S/C40H47ClN8O5/c1-27-22-34(41)45-36-32(13-19-49(27)36)37(51)42-17-7-10-29(23-28-8-5-4-6-9-28)38(52)47-20-15-40(54,16-21-47)25-48-26-43-33-24-30(11-12-31(33)39(48)53)44-35(50)14-18-46(2)3/h4-6,8-9,11-13,19,22,24,26,29,54H,7,10,14-18,20-21,23,25H2,1-3H3,(H,42,51)(H,44,50). The topological polar surface area (TPSA) is 154 Å². The molecular formula is C40H47ClN8O5. The van der Waals surface area contributed by atoms with Crippen LogP contribution in [0, 0.1) is 12.8 Å². The van der Waals surface area contributed by atoms with E-state index in [-0.39, 0.29) is 35.7 Å². The molecule has 1 aliphatic rings. The molecule has 1 saturated heterocycles. The molecule has 5 aromatic rings. The Morgan fingerprint density at radius 3 is 2.56 bits per heavy atom. The summed E-state index contributed by atoms with van der Waals surface area (Å²) in [5.41, 5.74) is 2.38. The molecule has 1 atom stereocenters. The van der Waals surface area contributed by atoms with Crippen molar-refractivity contribution in [1.82, 2.24) is 34.1 Å². The van der Waals surface area contributed by atoms with E-state index in [4.69, 9.17) is 11.6 Å². The number of piperidine rings is 1. The summed E-state index contributed by atoms with van der Waals surface area (Å²) >= 11 is 6.15. The van der Waals surface area contributed by atoms with E-state index >= 15 is 0 Å².